The highest BCUT2D eigenvalue weighted by Crippen LogP contribution is 2.32. The second kappa shape index (κ2) is 6.05. The summed E-state index contributed by atoms with van der Waals surface area (Å²) < 4.78 is 5.45. The summed E-state index contributed by atoms with van der Waals surface area (Å²) in [7, 11) is 0. The van der Waals surface area contributed by atoms with Crippen molar-refractivity contribution in [3.8, 4) is 22.9 Å². The first-order chi connectivity index (χ1) is 11.5. The minimum Gasteiger partial charge on any atom is -0.416 e. The molecule has 0 atom stereocenters. The monoisotopic (exact) mass is 346 g/mol. The van der Waals surface area contributed by atoms with Gasteiger partial charge >= 0.3 is 0 Å². The summed E-state index contributed by atoms with van der Waals surface area (Å²) in [6, 6.07) is 9.85. The molecule has 1 heterocycles. The van der Waals surface area contributed by atoms with Gasteiger partial charge in [-0.2, -0.15) is 0 Å². The second-order valence-electron chi connectivity index (χ2n) is 4.64. The molecule has 120 valence electrons. The lowest BCUT2D eigenvalue weighted by molar-refractivity contribution is -0.394. The number of nitro benzene ring substituents is 2. The molecule has 0 aliphatic heterocycles. The van der Waals surface area contributed by atoms with Crippen molar-refractivity contribution in [2.24, 2.45) is 0 Å². The number of hydrogen-bond acceptors (Lipinski definition) is 7. The highest BCUT2D eigenvalue weighted by molar-refractivity contribution is 6.33. The maximum absolute atomic E-state index is 10.9. The average Bonchev–Trinajstić information content (AvgIpc) is 3.04. The van der Waals surface area contributed by atoms with Crippen LogP contribution in [0.1, 0.15) is 0 Å². The molecule has 0 aliphatic carbocycles. The molecule has 2 aromatic carbocycles. The van der Waals surface area contributed by atoms with Crippen LogP contribution in [0, 0.1) is 20.2 Å². The fourth-order valence-electron chi connectivity index (χ4n) is 2.01. The largest absolute Gasteiger partial charge is 0.416 e. The molecule has 1 aromatic heterocycles. The Kier molecular flexibility index (Phi) is 3.92. The molecule has 3 aromatic rings. The van der Waals surface area contributed by atoms with E-state index in [2.05, 4.69) is 10.2 Å². The molecule has 0 aliphatic rings. The Balaban J connectivity index is 2.09. The predicted octanol–water partition coefficient (Wildman–Crippen LogP) is 3.87. The van der Waals surface area contributed by atoms with Crippen LogP contribution in [0.15, 0.2) is 46.9 Å². The van der Waals surface area contributed by atoms with E-state index < -0.39 is 21.2 Å². The van der Waals surface area contributed by atoms with E-state index in [4.69, 9.17) is 16.0 Å². The summed E-state index contributed by atoms with van der Waals surface area (Å²) in [4.78, 5) is 20.4. The highest BCUT2D eigenvalue weighted by Gasteiger charge is 2.20. The van der Waals surface area contributed by atoms with Gasteiger partial charge < -0.3 is 4.42 Å². The van der Waals surface area contributed by atoms with Crippen LogP contribution in [0.3, 0.4) is 0 Å². The van der Waals surface area contributed by atoms with Gasteiger partial charge in [-0.1, -0.05) is 23.7 Å². The lowest BCUT2D eigenvalue weighted by atomic mass is 10.1. The minimum atomic E-state index is -0.734. The molecule has 9 nitrogen and oxygen atoms in total. The van der Waals surface area contributed by atoms with Crippen molar-refractivity contribution in [1.82, 2.24) is 10.2 Å². The number of benzene rings is 2. The summed E-state index contributed by atoms with van der Waals surface area (Å²) >= 11 is 6.04. The van der Waals surface area contributed by atoms with Gasteiger partial charge in [0.05, 0.1) is 32.1 Å². The molecule has 10 heteroatoms. The minimum absolute atomic E-state index is 0.0710. The molecule has 0 saturated heterocycles. The van der Waals surface area contributed by atoms with E-state index in [-0.39, 0.29) is 17.3 Å². The number of halogens is 1. The van der Waals surface area contributed by atoms with E-state index in [1.54, 1.807) is 24.3 Å². The Labute approximate surface area is 138 Å². The van der Waals surface area contributed by atoms with Crippen LogP contribution in [0.2, 0.25) is 5.02 Å². The van der Waals surface area contributed by atoms with Crippen molar-refractivity contribution in [2.45, 2.75) is 0 Å². The van der Waals surface area contributed by atoms with Crippen LogP contribution in [0.25, 0.3) is 22.9 Å². The lowest BCUT2D eigenvalue weighted by Gasteiger charge is -1.98. The Hall–Kier alpha value is -3.33. The second-order valence-corrected chi connectivity index (χ2v) is 5.05. The van der Waals surface area contributed by atoms with Crippen molar-refractivity contribution >= 4 is 23.0 Å². The van der Waals surface area contributed by atoms with Gasteiger partial charge in [0.2, 0.25) is 11.8 Å². The molecule has 0 N–H and O–H groups in total. The standard InChI is InChI=1S/C14H7ClN4O5/c15-12-4-2-1-3-11(12)14-17-16-13(24-14)8-5-9(18(20)21)7-10(6-8)19(22)23/h1-7H. The van der Waals surface area contributed by atoms with Gasteiger partial charge in [0, 0.05) is 12.1 Å². The van der Waals surface area contributed by atoms with Gasteiger partial charge in [0.25, 0.3) is 11.4 Å². The van der Waals surface area contributed by atoms with Gasteiger partial charge in [-0.25, -0.2) is 0 Å². The van der Waals surface area contributed by atoms with E-state index in [0.29, 0.717) is 10.6 Å². The van der Waals surface area contributed by atoms with E-state index in [1.807, 2.05) is 0 Å². The molecule has 0 amide bonds. The predicted molar refractivity (Wildman–Crippen MR) is 83.5 cm³/mol. The van der Waals surface area contributed by atoms with Gasteiger partial charge in [-0.3, -0.25) is 20.2 Å². The number of non-ortho nitro benzene ring substituents is 2. The van der Waals surface area contributed by atoms with Gasteiger partial charge in [0.15, 0.2) is 0 Å². The van der Waals surface area contributed by atoms with Gasteiger partial charge in [-0.05, 0) is 12.1 Å². The fraction of sp³-hybridized carbons (Fsp3) is 0. The van der Waals surface area contributed by atoms with E-state index in [9.17, 15) is 20.2 Å². The topological polar surface area (TPSA) is 125 Å². The number of nitrogens with zero attached hydrogens (tertiary/aromatic N) is 4. The normalized spacial score (nSPS) is 10.5. The summed E-state index contributed by atoms with van der Waals surface area (Å²) in [5.74, 6) is 0.0153. The molecule has 0 radical (unpaired) electrons. The van der Waals surface area contributed by atoms with Crippen molar-refractivity contribution in [2.75, 3.05) is 0 Å². The van der Waals surface area contributed by atoms with Gasteiger partial charge in [-0.15, -0.1) is 10.2 Å². The molecular formula is C14H7ClN4O5. The van der Waals surface area contributed by atoms with Crippen LogP contribution in [-0.2, 0) is 0 Å². The molecule has 24 heavy (non-hydrogen) atoms. The summed E-state index contributed by atoms with van der Waals surface area (Å²) in [5, 5.41) is 29.9. The number of rotatable bonds is 4. The Morgan fingerprint density at radius 1 is 0.917 bits per heavy atom. The quantitative estimate of drug-likeness (QED) is 0.518. The zero-order valence-electron chi connectivity index (χ0n) is 11.7. The highest BCUT2D eigenvalue weighted by atomic mass is 35.5. The molecular weight excluding hydrogens is 340 g/mol. The maximum Gasteiger partial charge on any atom is 0.277 e. The number of nitro groups is 2. The van der Waals surface area contributed by atoms with Crippen molar-refractivity contribution < 1.29 is 14.3 Å². The molecule has 0 saturated carbocycles. The Morgan fingerprint density at radius 2 is 1.50 bits per heavy atom. The SMILES string of the molecule is O=[N+]([O-])c1cc(-c2nnc(-c3ccccc3Cl)o2)cc([N+](=O)[O-])c1. The Morgan fingerprint density at radius 3 is 2.08 bits per heavy atom. The van der Waals surface area contributed by atoms with Crippen LogP contribution in [0.4, 0.5) is 11.4 Å². The van der Waals surface area contributed by atoms with Crippen LogP contribution < -0.4 is 0 Å². The smallest absolute Gasteiger partial charge is 0.277 e. The average molecular weight is 347 g/mol. The van der Waals surface area contributed by atoms with Crippen molar-refractivity contribution in [3.63, 3.8) is 0 Å². The third-order valence-electron chi connectivity index (χ3n) is 3.10. The van der Waals surface area contributed by atoms with Crippen LogP contribution >= 0.6 is 11.6 Å². The van der Waals surface area contributed by atoms with Crippen molar-refractivity contribution in [1.29, 1.82) is 0 Å². The van der Waals surface area contributed by atoms with Crippen molar-refractivity contribution in [3.05, 3.63) is 67.7 Å². The van der Waals surface area contributed by atoms with Crippen LogP contribution in [-0.4, -0.2) is 20.0 Å². The molecule has 0 bridgehead atoms. The van der Waals surface area contributed by atoms with E-state index >= 15 is 0 Å². The zero-order valence-corrected chi connectivity index (χ0v) is 12.5. The third-order valence-corrected chi connectivity index (χ3v) is 3.43. The first kappa shape index (κ1) is 15.6. The van der Waals surface area contributed by atoms with Gasteiger partial charge in [0.1, 0.15) is 0 Å². The molecule has 0 fully saturated rings. The molecule has 3 rings (SSSR count). The first-order valence-electron chi connectivity index (χ1n) is 6.48. The number of hydrogen-bond donors (Lipinski definition) is 0. The van der Waals surface area contributed by atoms with E-state index in [1.165, 1.54) is 0 Å². The van der Waals surface area contributed by atoms with Crippen LogP contribution in [0.5, 0.6) is 0 Å². The summed E-state index contributed by atoms with van der Waals surface area (Å²) in [6.45, 7) is 0. The summed E-state index contributed by atoms with van der Waals surface area (Å²) in [6.07, 6.45) is 0. The van der Waals surface area contributed by atoms with E-state index in [0.717, 1.165) is 18.2 Å². The first-order valence-corrected chi connectivity index (χ1v) is 6.86. The fourth-order valence-corrected chi connectivity index (χ4v) is 2.23. The zero-order chi connectivity index (χ0) is 17.3. The molecule has 0 unspecified atom stereocenters. The Bertz CT molecular complexity index is 924. The third kappa shape index (κ3) is 2.92. The molecule has 0 spiro atoms. The number of aromatic nitrogens is 2. The summed E-state index contributed by atoms with van der Waals surface area (Å²) in [5.41, 5.74) is -0.340. The lowest BCUT2D eigenvalue weighted by Crippen LogP contribution is -1.94. The maximum atomic E-state index is 10.9.